The molecule has 2 heterocycles. The number of halogens is 6. The Labute approximate surface area is 185 Å². The Balaban J connectivity index is 1.80. The molecular formula is C20H19F6N5O2. The lowest BCUT2D eigenvalue weighted by Gasteiger charge is -2.35. The highest BCUT2D eigenvalue weighted by Gasteiger charge is 2.53. The Kier molecular flexibility index (Phi) is 7.05. The lowest BCUT2D eigenvalue weighted by molar-refractivity contribution is -0.215. The van der Waals surface area contributed by atoms with E-state index in [1.807, 2.05) is 11.0 Å². The van der Waals surface area contributed by atoms with Gasteiger partial charge in [0.1, 0.15) is 0 Å². The number of piperazine rings is 1. The Bertz CT molecular complexity index is 960. The largest absolute Gasteiger partial charge is 0.433 e. The van der Waals surface area contributed by atoms with Gasteiger partial charge in [-0.25, -0.2) is 0 Å². The second kappa shape index (κ2) is 9.45. The molecule has 0 N–H and O–H groups in total. The van der Waals surface area contributed by atoms with E-state index in [1.54, 1.807) is 0 Å². The van der Waals surface area contributed by atoms with E-state index >= 15 is 0 Å². The maximum absolute atomic E-state index is 13.6. The van der Waals surface area contributed by atoms with E-state index < -0.39 is 54.0 Å². The van der Waals surface area contributed by atoms with Crippen molar-refractivity contribution in [2.24, 2.45) is 0 Å². The molecule has 178 valence electrons. The molecule has 1 aromatic carbocycles. The van der Waals surface area contributed by atoms with Gasteiger partial charge in [0.15, 0.2) is 6.10 Å². The van der Waals surface area contributed by atoms with Gasteiger partial charge in [-0.15, -0.1) is 0 Å². The van der Waals surface area contributed by atoms with Crippen molar-refractivity contribution in [1.82, 2.24) is 9.80 Å². The van der Waals surface area contributed by atoms with Crippen LogP contribution in [0.3, 0.4) is 0 Å². The standard InChI is InChI=1S/C20H19F6N5O2/c21-19(22,23)15-10-14(3-2-13(15)11-28)31-12-16(33-18(31)20(24,25)26)17(32)30-8-6-29(7-9-30)5-1-4-27/h2-3,10,16,18H,1,5-9,12H2/t16-,18+/m0/s1. The molecule has 2 aliphatic heterocycles. The molecule has 2 saturated heterocycles. The summed E-state index contributed by atoms with van der Waals surface area (Å²) >= 11 is 0. The van der Waals surface area contributed by atoms with Crippen LogP contribution in [0.4, 0.5) is 32.0 Å². The van der Waals surface area contributed by atoms with Gasteiger partial charge in [-0.2, -0.15) is 36.9 Å². The van der Waals surface area contributed by atoms with Crippen molar-refractivity contribution in [3.05, 3.63) is 29.3 Å². The SMILES string of the molecule is N#CCCN1CCN(C(=O)[C@@H]2CN(c3ccc(C#N)c(C(F)(F)F)c3)[C@@H](C(F)(F)F)O2)CC1. The van der Waals surface area contributed by atoms with Gasteiger partial charge < -0.3 is 14.5 Å². The zero-order chi connectivity index (χ0) is 24.4. The van der Waals surface area contributed by atoms with Crippen LogP contribution in [0.5, 0.6) is 0 Å². The predicted molar refractivity (Wildman–Crippen MR) is 101 cm³/mol. The van der Waals surface area contributed by atoms with E-state index in [9.17, 15) is 31.1 Å². The molecule has 1 aromatic rings. The highest BCUT2D eigenvalue weighted by molar-refractivity contribution is 5.82. The second-order valence-electron chi connectivity index (χ2n) is 7.59. The lowest BCUT2D eigenvalue weighted by atomic mass is 10.1. The molecule has 0 aliphatic carbocycles. The number of nitrogens with zero attached hydrogens (tertiary/aromatic N) is 5. The summed E-state index contributed by atoms with van der Waals surface area (Å²) < 4.78 is 85.7. The zero-order valence-corrected chi connectivity index (χ0v) is 17.2. The van der Waals surface area contributed by atoms with Crippen LogP contribution < -0.4 is 4.90 Å². The van der Waals surface area contributed by atoms with Crippen LogP contribution in [0.2, 0.25) is 0 Å². The number of rotatable bonds is 4. The van der Waals surface area contributed by atoms with Crippen LogP contribution in [-0.2, 0) is 15.7 Å². The Morgan fingerprint density at radius 1 is 1.09 bits per heavy atom. The number of carbonyl (C=O) groups is 1. The van der Waals surface area contributed by atoms with Gasteiger partial charge in [0.2, 0.25) is 6.23 Å². The third kappa shape index (κ3) is 5.49. The van der Waals surface area contributed by atoms with Gasteiger partial charge in [-0.3, -0.25) is 9.69 Å². The maximum atomic E-state index is 13.6. The van der Waals surface area contributed by atoms with Crippen molar-refractivity contribution in [2.75, 3.05) is 44.2 Å². The van der Waals surface area contributed by atoms with E-state index in [0.29, 0.717) is 37.0 Å². The number of anilines is 1. The molecule has 3 rings (SSSR count). The molecule has 0 aromatic heterocycles. The van der Waals surface area contributed by atoms with Gasteiger partial charge in [0, 0.05) is 44.8 Å². The van der Waals surface area contributed by atoms with Crippen LogP contribution in [0, 0.1) is 22.7 Å². The van der Waals surface area contributed by atoms with Gasteiger partial charge in [0.25, 0.3) is 5.91 Å². The number of benzene rings is 1. The van der Waals surface area contributed by atoms with Gasteiger partial charge >= 0.3 is 12.4 Å². The third-order valence-corrected chi connectivity index (χ3v) is 5.48. The maximum Gasteiger partial charge on any atom is 0.433 e. The monoisotopic (exact) mass is 475 g/mol. The Morgan fingerprint density at radius 2 is 1.76 bits per heavy atom. The van der Waals surface area contributed by atoms with Crippen LogP contribution in [0.1, 0.15) is 17.5 Å². The fraction of sp³-hybridized carbons (Fsp3) is 0.550. The second-order valence-corrected chi connectivity index (χ2v) is 7.59. The fourth-order valence-corrected chi connectivity index (χ4v) is 3.82. The number of amides is 1. The molecular weight excluding hydrogens is 456 g/mol. The van der Waals surface area contributed by atoms with Crippen molar-refractivity contribution in [3.8, 4) is 12.1 Å². The first-order chi connectivity index (χ1) is 15.5. The molecule has 0 unspecified atom stereocenters. The first-order valence-electron chi connectivity index (χ1n) is 9.94. The highest BCUT2D eigenvalue weighted by atomic mass is 19.4. The third-order valence-electron chi connectivity index (χ3n) is 5.48. The minimum atomic E-state index is -4.97. The summed E-state index contributed by atoms with van der Waals surface area (Å²) in [6.45, 7) is 1.27. The van der Waals surface area contributed by atoms with Gasteiger partial charge in [-0.05, 0) is 18.2 Å². The molecule has 0 bridgehead atoms. The molecule has 0 radical (unpaired) electrons. The molecule has 2 fully saturated rings. The normalized spacial score (nSPS) is 22.2. The average molecular weight is 475 g/mol. The van der Waals surface area contributed by atoms with Crippen LogP contribution >= 0.6 is 0 Å². The summed E-state index contributed by atoms with van der Waals surface area (Å²) in [6.07, 6.45) is -13.7. The molecule has 0 saturated carbocycles. The van der Waals surface area contributed by atoms with Crippen molar-refractivity contribution in [3.63, 3.8) is 0 Å². The van der Waals surface area contributed by atoms with Crippen LogP contribution in [-0.4, -0.2) is 73.5 Å². The van der Waals surface area contributed by atoms with Crippen molar-refractivity contribution in [1.29, 1.82) is 10.5 Å². The smallest absolute Gasteiger partial charge is 0.338 e. The van der Waals surface area contributed by atoms with E-state index in [-0.39, 0.29) is 13.1 Å². The number of carbonyl (C=O) groups excluding carboxylic acids is 1. The zero-order valence-electron chi connectivity index (χ0n) is 17.2. The predicted octanol–water partition coefficient (Wildman–Crippen LogP) is 2.73. The van der Waals surface area contributed by atoms with Crippen LogP contribution in [0.15, 0.2) is 18.2 Å². The summed E-state index contributed by atoms with van der Waals surface area (Å²) in [5.74, 6) is -0.684. The average Bonchev–Trinajstić information content (AvgIpc) is 3.22. The number of nitriles is 2. The molecule has 0 spiro atoms. The van der Waals surface area contributed by atoms with Gasteiger partial charge in [-0.1, -0.05) is 0 Å². The molecule has 13 heteroatoms. The number of hydrogen-bond acceptors (Lipinski definition) is 6. The Hall–Kier alpha value is -3.03. The molecule has 2 atom stereocenters. The minimum Gasteiger partial charge on any atom is -0.338 e. The number of hydrogen-bond donors (Lipinski definition) is 0. The molecule has 1 amide bonds. The number of alkyl halides is 6. The Morgan fingerprint density at radius 3 is 2.30 bits per heavy atom. The lowest BCUT2D eigenvalue weighted by Crippen LogP contribution is -2.52. The van der Waals surface area contributed by atoms with Gasteiger partial charge in [0.05, 0.1) is 29.8 Å². The minimum absolute atomic E-state index is 0.232. The summed E-state index contributed by atoms with van der Waals surface area (Å²) in [4.78, 5) is 16.7. The first-order valence-corrected chi connectivity index (χ1v) is 9.94. The fourth-order valence-electron chi connectivity index (χ4n) is 3.82. The summed E-state index contributed by atoms with van der Waals surface area (Å²) in [6, 6.07) is 5.61. The van der Waals surface area contributed by atoms with E-state index in [0.717, 1.165) is 12.1 Å². The van der Waals surface area contributed by atoms with E-state index in [4.69, 9.17) is 15.3 Å². The first kappa shape index (κ1) is 24.6. The van der Waals surface area contributed by atoms with Crippen LogP contribution in [0.25, 0.3) is 0 Å². The quantitative estimate of drug-likeness (QED) is 0.623. The van der Waals surface area contributed by atoms with E-state index in [2.05, 4.69) is 0 Å². The van der Waals surface area contributed by atoms with E-state index in [1.165, 1.54) is 11.0 Å². The molecule has 33 heavy (non-hydrogen) atoms. The molecule has 2 aliphatic rings. The van der Waals surface area contributed by atoms with Crippen molar-refractivity contribution >= 4 is 11.6 Å². The summed E-state index contributed by atoms with van der Waals surface area (Å²) in [7, 11) is 0. The van der Waals surface area contributed by atoms with Crippen molar-refractivity contribution < 1.29 is 35.9 Å². The number of ether oxygens (including phenoxy) is 1. The highest BCUT2D eigenvalue weighted by Crippen LogP contribution is 2.39. The van der Waals surface area contributed by atoms with Crippen molar-refractivity contribution in [2.45, 2.75) is 31.1 Å². The summed E-state index contributed by atoms with van der Waals surface area (Å²) in [5.41, 5.74) is -2.55. The topological polar surface area (TPSA) is 83.6 Å². The summed E-state index contributed by atoms with van der Waals surface area (Å²) in [5, 5.41) is 17.6. The molecule has 7 nitrogen and oxygen atoms in total.